The molecule has 0 atom stereocenters. The molecule has 0 spiro atoms. The van der Waals surface area contributed by atoms with Crippen molar-refractivity contribution in [3.8, 4) is 6.07 Å². The van der Waals surface area contributed by atoms with E-state index in [1.165, 1.54) is 22.4 Å². The molecule has 2 aromatic heterocycles. The maximum absolute atomic E-state index is 12.0. The molecule has 0 bridgehead atoms. The van der Waals surface area contributed by atoms with Crippen molar-refractivity contribution in [3.05, 3.63) is 40.1 Å². The summed E-state index contributed by atoms with van der Waals surface area (Å²) in [5.74, 6) is 0.287. The topological polar surface area (TPSA) is 58.7 Å². The van der Waals surface area contributed by atoms with Gasteiger partial charge in [-0.15, -0.1) is 11.3 Å². The van der Waals surface area contributed by atoms with E-state index >= 15 is 0 Å². The number of Topliss-reactive ketones (excluding diaryl/α,β-unsaturated/α-hetero) is 1. The third-order valence-electron chi connectivity index (χ3n) is 2.41. The molecule has 0 aromatic carbocycles. The number of imidazole rings is 1. The summed E-state index contributed by atoms with van der Waals surface area (Å²) in [5.41, 5.74) is 0. The lowest BCUT2D eigenvalue weighted by molar-refractivity contribution is 0.0975. The van der Waals surface area contributed by atoms with E-state index < -0.39 is 0 Å². The quantitative estimate of drug-likeness (QED) is 0.776. The zero-order valence-corrected chi connectivity index (χ0v) is 10.2. The first-order valence-electron chi connectivity index (χ1n) is 5.27. The average molecular weight is 245 g/mol. The van der Waals surface area contributed by atoms with Gasteiger partial charge in [0.05, 0.1) is 11.4 Å². The molecule has 0 N–H and O–H groups in total. The minimum absolute atomic E-state index is 0.0178. The van der Waals surface area contributed by atoms with E-state index in [2.05, 4.69) is 11.9 Å². The Morgan fingerprint density at radius 3 is 3.06 bits per heavy atom. The fraction of sp³-hybridized carbons (Fsp3) is 0.250. The molecule has 86 valence electrons. The molecule has 0 saturated carbocycles. The van der Waals surface area contributed by atoms with E-state index in [1.807, 2.05) is 18.2 Å². The molecule has 2 rings (SSSR count). The van der Waals surface area contributed by atoms with E-state index in [0.717, 1.165) is 11.3 Å². The number of ketones is 1. The van der Waals surface area contributed by atoms with Crippen LogP contribution in [-0.4, -0.2) is 15.3 Å². The number of carbonyl (C=O) groups is 1. The molecule has 0 radical (unpaired) electrons. The fourth-order valence-corrected chi connectivity index (χ4v) is 2.38. The van der Waals surface area contributed by atoms with Gasteiger partial charge in [0.1, 0.15) is 6.07 Å². The van der Waals surface area contributed by atoms with Crippen LogP contribution in [0, 0.1) is 11.3 Å². The van der Waals surface area contributed by atoms with Crippen LogP contribution in [0.1, 0.15) is 27.3 Å². The summed E-state index contributed by atoms with van der Waals surface area (Å²) in [7, 11) is 0. The number of nitrogens with zero attached hydrogens (tertiary/aromatic N) is 3. The number of hydrogen-bond donors (Lipinski definition) is 0. The number of carbonyl (C=O) groups excluding carboxylic acids is 1. The van der Waals surface area contributed by atoms with Gasteiger partial charge in [0.2, 0.25) is 5.82 Å². The second kappa shape index (κ2) is 4.93. The largest absolute Gasteiger partial charge is 0.315 e. The zero-order valence-electron chi connectivity index (χ0n) is 9.38. The van der Waals surface area contributed by atoms with Crippen LogP contribution in [0.5, 0.6) is 0 Å². The van der Waals surface area contributed by atoms with E-state index in [9.17, 15) is 4.79 Å². The van der Waals surface area contributed by atoms with E-state index in [1.54, 1.807) is 10.8 Å². The van der Waals surface area contributed by atoms with Crippen molar-refractivity contribution in [2.24, 2.45) is 0 Å². The number of aromatic nitrogens is 2. The Labute approximate surface area is 103 Å². The first-order chi connectivity index (χ1) is 8.24. The fourth-order valence-electron chi connectivity index (χ4n) is 1.50. The molecule has 17 heavy (non-hydrogen) atoms. The Morgan fingerprint density at radius 2 is 2.41 bits per heavy atom. The van der Waals surface area contributed by atoms with Crippen molar-refractivity contribution < 1.29 is 4.79 Å². The van der Waals surface area contributed by atoms with Gasteiger partial charge in [-0.2, -0.15) is 5.26 Å². The highest BCUT2D eigenvalue weighted by Crippen LogP contribution is 2.18. The van der Waals surface area contributed by atoms with E-state index in [4.69, 9.17) is 5.26 Å². The number of hydrogen-bond acceptors (Lipinski definition) is 4. The minimum atomic E-state index is 0.0178. The highest BCUT2D eigenvalue weighted by Gasteiger charge is 2.11. The lowest BCUT2D eigenvalue weighted by Gasteiger charge is -2.00. The van der Waals surface area contributed by atoms with Crippen molar-refractivity contribution in [1.29, 1.82) is 5.26 Å². The number of nitriles is 1. The molecule has 0 aliphatic heterocycles. The average Bonchev–Trinajstić information content (AvgIpc) is 2.96. The van der Waals surface area contributed by atoms with Gasteiger partial charge in [0.25, 0.3) is 0 Å². The Bertz CT molecular complexity index is 577. The molecule has 2 heterocycles. The first kappa shape index (κ1) is 11.6. The summed E-state index contributed by atoms with van der Waals surface area (Å²) in [5, 5.41) is 8.79. The highest BCUT2D eigenvalue weighted by molar-refractivity contribution is 7.14. The van der Waals surface area contributed by atoms with Crippen LogP contribution >= 0.6 is 11.3 Å². The van der Waals surface area contributed by atoms with Crippen molar-refractivity contribution >= 4 is 17.1 Å². The SMILES string of the molecule is CCc1ccc(C(=O)Cn2ccnc2C#N)s1. The second-order valence-electron chi connectivity index (χ2n) is 3.53. The maximum atomic E-state index is 12.0. The number of aryl methyl sites for hydroxylation is 1. The summed E-state index contributed by atoms with van der Waals surface area (Å²) >= 11 is 1.51. The molecule has 0 unspecified atom stereocenters. The number of rotatable bonds is 4. The third-order valence-corrected chi connectivity index (χ3v) is 3.68. The van der Waals surface area contributed by atoms with E-state index in [0.29, 0.717) is 0 Å². The Morgan fingerprint density at radius 1 is 1.59 bits per heavy atom. The number of thiophene rings is 1. The zero-order chi connectivity index (χ0) is 12.3. The molecule has 0 aliphatic carbocycles. The molecular weight excluding hydrogens is 234 g/mol. The highest BCUT2D eigenvalue weighted by atomic mass is 32.1. The van der Waals surface area contributed by atoms with Gasteiger partial charge in [-0.25, -0.2) is 4.98 Å². The molecule has 5 heteroatoms. The molecule has 4 nitrogen and oxygen atoms in total. The summed E-state index contributed by atoms with van der Waals surface area (Å²) in [6.45, 7) is 2.23. The van der Waals surface area contributed by atoms with Gasteiger partial charge in [-0.1, -0.05) is 6.92 Å². The van der Waals surface area contributed by atoms with E-state index in [-0.39, 0.29) is 18.2 Å². The van der Waals surface area contributed by atoms with Crippen LogP contribution in [0.3, 0.4) is 0 Å². The molecule has 0 fully saturated rings. The van der Waals surface area contributed by atoms with Crippen LogP contribution < -0.4 is 0 Å². The van der Waals surface area contributed by atoms with Crippen LogP contribution in [0.2, 0.25) is 0 Å². The molecular formula is C12H11N3OS. The van der Waals surface area contributed by atoms with Crippen molar-refractivity contribution in [3.63, 3.8) is 0 Å². The molecule has 0 saturated heterocycles. The van der Waals surface area contributed by atoms with Crippen molar-refractivity contribution in [1.82, 2.24) is 9.55 Å². The first-order valence-corrected chi connectivity index (χ1v) is 6.09. The molecule has 2 aromatic rings. The van der Waals surface area contributed by atoms with Gasteiger partial charge < -0.3 is 4.57 Å². The van der Waals surface area contributed by atoms with Crippen LogP contribution in [0.4, 0.5) is 0 Å². The van der Waals surface area contributed by atoms with Crippen molar-refractivity contribution in [2.75, 3.05) is 0 Å². The molecule has 0 aliphatic rings. The van der Waals surface area contributed by atoms with Crippen LogP contribution in [0.25, 0.3) is 0 Å². The predicted octanol–water partition coefficient (Wildman–Crippen LogP) is 2.26. The van der Waals surface area contributed by atoms with Crippen LogP contribution in [-0.2, 0) is 13.0 Å². The normalized spacial score (nSPS) is 10.1. The molecule has 0 amide bonds. The minimum Gasteiger partial charge on any atom is -0.315 e. The lowest BCUT2D eigenvalue weighted by atomic mass is 10.3. The summed E-state index contributed by atoms with van der Waals surface area (Å²) in [6, 6.07) is 5.76. The summed E-state index contributed by atoms with van der Waals surface area (Å²) in [4.78, 5) is 17.7. The standard InChI is InChI=1S/C12H11N3OS/c1-2-9-3-4-11(17-9)10(16)8-15-6-5-14-12(15)7-13/h3-6H,2,8H2,1H3. The Hall–Kier alpha value is -1.93. The third kappa shape index (κ3) is 2.43. The van der Waals surface area contributed by atoms with Gasteiger partial charge in [-0.3, -0.25) is 4.79 Å². The van der Waals surface area contributed by atoms with Gasteiger partial charge >= 0.3 is 0 Å². The Kier molecular flexibility index (Phi) is 3.35. The van der Waals surface area contributed by atoms with Gasteiger partial charge in [0.15, 0.2) is 5.78 Å². The summed E-state index contributed by atoms with van der Waals surface area (Å²) < 4.78 is 1.56. The maximum Gasteiger partial charge on any atom is 0.213 e. The lowest BCUT2D eigenvalue weighted by Crippen LogP contribution is -2.10. The predicted molar refractivity (Wildman–Crippen MR) is 65.0 cm³/mol. The van der Waals surface area contributed by atoms with Crippen molar-refractivity contribution in [2.45, 2.75) is 19.9 Å². The Balaban J connectivity index is 2.15. The van der Waals surface area contributed by atoms with Gasteiger partial charge in [0, 0.05) is 17.3 Å². The smallest absolute Gasteiger partial charge is 0.213 e. The second-order valence-corrected chi connectivity index (χ2v) is 4.70. The summed E-state index contributed by atoms with van der Waals surface area (Å²) in [6.07, 6.45) is 4.11. The monoisotopic (exact) mass is 245 g/mol. The van der Waals surface area contributed by atoms with Gasteiger partial charge in [-0.05, 0) is 18.6 Å². The van der Waals surface area contributed by atoms with Crippen LogP contribution in [0.15, 0.2) is 24.5 Å².